The van der Waals surface area contributed by atoms with E-state index in [9.17, 15) is 4.79 Å². The van der Waals surface area contributed by atoms with Gasteiger partial charge in [0.25, 0.3) is 0 Å². The number of aryl methyl sites for hydroxylation is 2. The standard InChI is InChI=1S/C21H25N5O/c1-14-10-15(2)20-17(11-14)18(5-6-23-20)25-8-3-4-16(12-25)21-24-7-9-26(21)13-19(22)27/h5-7,9-11,16H,3-4,8,12-13H2,1-2H3,(H2,22,27)/t16-/m1/s1. The molecule has 6 heteroatoms. The van der Waals surface area contributed by atoms with E-state index < -0.39 is 0 Å². The molecule has 1 aliphatic rings. The number of primary amides is 1. The minimum atomic E-state index is -0.340. The molecular weight excluding hydrogens is 338 g/mol. The molecule has 2 N–H and O–H groups in total. The molecule has 1 fully saturated rings. The largest absolute Gasteiger partial charge is 0.370 e. The molecule has 0 spiro atoms. The monoisotopic (exact) mass is 363 g/mol. The normalized spacial score (nSPS) is 17.4. The van der Waals surface area contributed by atoms with Crippen LogP contribution in [0.5, 0.6) is 0 Å². The topological polar surface area (TPSA) is 77.0 Å². The van der Waals surface area contributed by atoms with E-state index in [-0.39, 0.29) is 18.4 Å². The molecular formula is C21H25N5O. The van der Waals surface area contributed by atoms with Crippen LogP contribution in [0.3, 0.4) is 0 Å². The summed E-state index contributed by atoms with van der Waals surface area (Å²) in [6.45, 7) is 6.32. The van der Waals surface area contributed by atoms with Crippen molar-refractivity contribution in [1.29, 1.82) is 0 Å². The van der Waals surface area contributed by atoms with Gasteiger partial charge in [0.15, 0.2) is 0 Å². The van der Waals surface area contributed by atoms with E-state index in [2.05, 4.69) is 46.9 Å². The molecule has 2 aromatic heterocycles. The zero-order chi connectivity index (χ0) is 19.0. The van der Waals surface area contributed by atoms with E-state index in [1.807, 2.05) is 17.0 Å². The second-order valence-corrected chi connectivity index (χ2v) is 7.47. The summed E-state index contributed by atoms with van der Waals surface area (Å²) in [5.74, 6) is 0.888. The first-order valence-electron chi connectivity index (χ1n) is 9.43. The molecule has 1 aromatic carbocycles. The van der Waals surface area contributed by atoms with E-state index in [4.69, 9.17) is 5.73 Å². The first-order chi connectivity index (χ1) is 13.0. The van der Waals surface area contributed by atoms with Crippen LogP contribution in [0.4, 0.5) is 5.69 Å². The van der Waals surface area contributed by atoms with Gasteiger partial charge in [0.2, 0.25) is 5.91 Å². The molecule has 0 unspecified atom stereocenters. The summed E-state index contributed by atoms with van der Waals surface area (Å²) in [4.78, 5) is 22.9. The zero-order valence-corrected chi connectivity index (χ0v) is 15.9. The minimum absolute atomic E-state index is 0.183. The molecule has 1 atom stereocenters. The fourth-order valence-corrected chi connectivity index (χ4v) is 4.26. The summed E-state index contributed by atoms with van der Waals surface area (Å²) >= 11 is 0. The Morgan fingerprint density at radius 1 is 1.26 bits per heavy atom. The van der Waals surface area contributed by atoms with Gasteiger partial charge in [-0.3, -0.25) is 9.78 Å². The van der Waals surface area contributed by atoms with Gasteiger partial charge >= 0.3 is 0 Å². The summed E-state index contributed by atoms with van der Waals surface area (Å²) in [5, 5.41) is 1.20. The van der Waals surface area contributed by atoms with Gasteiger partial charge < -0.3 is 15.2 Å². The molecule has 3 heterocycles. The van der Waals surface area contributed by atoms with Crippen molar-refractivity contribution in [2.75, 3.05) is 18.0 Å². The molecule has 27 heavy (non-hydrogen) atoms. The van der Waals surface area contributed by atoms with Crippen LogP contribution in [0.15, 0.2) is 36.8 Å². The third-order valence-corrected chi connectivity index (χ3v) is 5.36. The predicted octanol–water partition coefficient (Wildman–Crippen LogP) is 2.92. The van der Waals surface area contributed by atoms with E-state index in [0.29, 0.717) is 0 Å². The SMILES string of the molecule is Cc1cc(C)c2nccc(N3CCC[C@@H](c4nccn4CC(N)=O)C3)c2c1. The van der Waals surface area contributed by atoms with E-state index in [1.54, 1.807) is 6.20 Å². The van der Waals surface area contributed by atoms with Crippen LogP contribution in [0.1, 0.15) is 35.7 Å². The number of carbonyl (C=O) groups excluding carboxylic acids is 1. The third-order valence-electron chi connectivity index (χ3n) is 5.36. The van der Waals surface area contributed by atoms with E-state index in [1.165, 1.54) is 22.2 Å². The average Bonchev–Trinajstić information content (AvgIpc) is 3.08. The molecule has 0 bridgehead atoms. The number of anilines is 1. The summed E-state index contributed by atoms with van der Waals surface area (Å²) in [6, 6.07) is 6.51. The highest BCUT2D eigenvalue weighted by molar-refractivity contribution is 5.94. The Kier molecular flexibility index (Phi) is 4.56. The second kappa shape index (κ2) is 7.02. The number of hydrogen-bond acceptors (Lipinski definition) is 4. The number of hydrogen-bond donors (Lipinski definition) is 1. The molecule has 0 aliphatic carbocycles. The van der Waals surface area contributed by atoms with Gasteiger partial charge in [0, 0.05) is 48.7 Å². The zero-order valence-electron chi connectivity index (χ0n) is 15.9. The van der Waals surface area contributed by atoms with Crippen LogP contribution in [0, 0.1) is 13.8 Å². The van der Waals surface area contributed by atoms with Crippen LogP contribution in [0.2, 0.25) is 0 Å². The number of nitrogens with zero attached hydrogens (tertiary/aromatic N) is 4. The molecule has 3 aromatic rings. The number of pyridine rings is 1. The van der Waals surface area contributed by atoms with Crippen molar-refractivity contribution in [3.8, 4) is 0 Å². The molecule has 140 valence electrons. The number of imidazole rings is 1. The van der Waals surface area contributed by atoms with E-state index in [0.717, 1.165) is 37.3 Å². The average molecular weight is 363 g/mol. The summed E-state index contributed by atoms with van der Waals surface area (Å²) < 4.78 is 1.88. The maximum absolute atomic E-state index is 11.4. The van der Waals surface area contributed by atoms with Gasteiger partial charge in [-0.25, -0.2) is 4.98 Å². The number of piperidine rings is 1. The number of fused-ring (bicyclic) bond motifs is 1. The second-order valence-electron chi connectivity index (χ2n) is 7.47. The van der Waals surface area contributed by atoms with Crippen LogP contribution < -0.4 is 10.6 Å². The van der Waals surface area contributed by atoms with Gasteiger partial charge in [-0.05, 0) is 44.4 Å². The Balaban J connectivity index is 1.67. The minimum Gasteiger partial charge on any atom is -0.370 e. The molecule has 0 saturated carbocycles. The van der Waals surface area contributed by atoms with Crippen molar-refractivity contribution in [3.63, 3.8) is 0 Å². The number of aromatic nitrogens is 3. The fraction of sp³-hybridized carbons (Fsp3) is 0.381. The number of amides is 1. The Morgan fingerprint density at radius 3 is 2.93 bits per heavy atom. The van der Waals surface area contributed by atoms with Crippen molar-refractivity contribution < 1.29 is 4.79 Å². The molecule has 0 radical (unpaired) electrons. The van der Waals surface area contributed by atoms with Gasteiger partial charge in [0.1, 0.15) is 12.4 Å². The number of rotatable bonds is 4. The smallest absolute Gasteiger partial charge is 0.237 e. The van der Waals surface area contributed by atoms with Crippen LogP contribution >= 0.6 is 0 Å². The quantitative estimate of drug-likeness (QED) is 0.773. The lowest BCUT2D eigenvalue weighted by molar-refractivity contribution is -0.118. The fourth-order valence-electron chi connectivity index (χ4n) is 4.26. The highest BCUT2D eigenvalue weighted by atomic mass is 16.1. The Bertz CT molecular complexity index is 993. The third kappa shape index (κ3) is 3.39. The van der Waals surface area contributed by atoms with Gasteiger partial charge in [-0.2, -0.15) is 0 Å². The molecule has 1 saturated heterocycles. The van der Waals surface area contributed by atoms with Crippen molar-refractivity contribution in [2.45, 2.75) is 39.2 Å². The Labute approximate surface area is 159 Å². The maximum atomic E-state index is 11.4. The highest BCUT2D eigenvalue weighted by Crippen LogP contribution is 2.34. The lowest BCUT2D eigenvalue weighted by Crippen LogP contribution is -2.36. The number of benzene rings is 1. The summed E-state index contributed by atoms with van der Waals surface area (Å²) in [6.07, 6.45) is 7.65. The molecule has 6 nitrogen and oxygen atoms in total. The van der Waals surface area contributed by atoms with E-state index >= 15 is 0 Å². The maximum Gasteiger partial charge on any atom is 0.237 e. The first kappa shape index (κ1) is 17.5. The van der Waals surface area contributed by atoms with Crippen molar-refractivity contribution >= 4 is 22.5 Å². The van der Waals surface area contributed by atoms with Crippen molar-refractivity contribution in [3.05, 3.63) is 53.7 Å². The molecule has 1 amide bonds. The van der Waals surface area contributed by atoms with Crippen LogP contribution in [0.25, 0.3) is 10.9 Å². The Hall–Kier alpha value is -2.89. The predicted molar refractivity (Wildman–Crippen MR) is 107 cm³/mol. The molecule has 1 aliphatic heterocycles. The van der Waals surface area contributed by atoms with Gasteiger partial charge in [0.05, 0.1) is 5.52 Å². The summed E-state index contributed by atoms with van der Waals surface area (Å²) in [5.41, 5.74) is 10.1. The van der Waals surface area contributed by atoms with Gasteiger partial charge in [-0.15, -0.1) is 0 Å². The van der Waals surface area contributed by atoms with Crippen molar-refractivity contribution in [2.24, 2.45) is 5.73 Å². The first-order valence-corrected chi connectivity index (χ1v) is 9.43. The van der Waals surface area contributed by atoms with Crippen LogP contribution in [-0.4, -0.2) is 33.5 Å². The summed E-state index contributed by atoms with van der Waals surface area (Å²) in [7, 11) is 0. The Morgan fingerprint density at radius 2 is 2.11 bits per heavy atom. The van der Waals surface area contributed by atoms with Gasteiger partial charge in [-0.1, -0.05) is 11.6 Å². The number of carbonyl (C=O) groups is 1. The lowest BCUT2D eigenvalue weighted by Gasteiger charge is -2.35. The van der Waals surface area contributed by atoms with Crippen molar-refractivity contribution in [1.82, 2.24) is 14.5 Å². The number of nitrogens with two attached hydrogens (primary N) is 1. The lowest BCUT2D eigenvalue weighted by atomic mass is 9.95. The molecule has 4 rings (SSSR count). The highest BCUT2D eigenvalue weighted by Gasteiger charge is 2.26. The van der Waals surface area contributed by atoms with Crippen LogP contribution in [-0.2, 0) is 11.3 Å².